The molecule has 6 nitrogen and oxygen atoms in total. The highest BCUT2D eigenvalue weighted by Crippen LogP contribution is 2.37. The van der Waals surface area contributed by atoms with E-state index < -0.39 is 13.4 Å². The van der Waals surface area contributed by atoms with Gasteiger partial charge in [-0.1, -0.05) is 12.1 Å². The van der Waals surface area contributed by atoms with Gasteiger partial charge < -0.3 is 25.6 Å². The number of nitrogens with one attached hydrogen (secondary N) is 1. The Kier molecular flexibility index (Phi) is 5.78. The van der Waals surface area contributed by atoms with E-state index in [1.165, 1.54) is 0 Å². The van der Waals surface area contributed by atoms with Crippen molar-refractivity contribution in [1.82, 2.24) is 5.32 Å². The van der Waals surface area contributed by atoms with Crippen LogP contribution in [-0.2, 0) is 11.0 Å². The topological polar surface area (TPSA) is 105 Å². The van der Waals surface area contributed by atoms with E-state index in [4.69, 9.17) is 20.3 Å². The summed E-state index contributed by atoms with van der Waals surface area (Å²) in [5, 5.41) is 2.92. The summed E-state index contributed by atoms with van der Waals surface area (Å²) in [5.74, 6) is -0.344. The number of ether oxygens (including phenoxy) is 1. The number of nitrogens with two attached hydrogens (primary N) is 1. The van der Waals surface area contributed by atoms with Crippen LogP contribution in [-0.4, -0.2) is 35.8 Å². The van der Waals surface area contributed by atoms with Gasteiger partial charge in [0, 0.05) is 6.54 Å². The second kappa shape index (κ2) is 6.87. The van der Waals surface area contributed by atoms with Crippen molar-refractivity contribution in [1.29, 1.82) is 0 Å². The average molecular weight is 274 g/mol. The van der Waals surface area contributed by atoms with Crippen molar-refractivity contribution in [2.24, 2.45) is 5.73 Å². The fourth-order valence-corrected chi connectivity index (χ4v) is 1.76. The molecule has 5 N–H and O–H groups in total. The summed E-state index contributed by atoms with van der Waals surface area (Å²) < 4.78 is 15.8. The first-order valence-electron chi connectivity index (χ1n) is 5.58. The van der Waals surface area contributed by atoms with E-state index in [0.29, 0.717) is 6.54 Å². The first kappa shape index (κ1) is 15.1. The molecule has 0 aliphatic heterocycles. The third kappa shape index (κ3) is 5.16. The number of hydrogen-bond donors (Lipinski definition) is 4. The van der Waals surface area contributed by atoms with Crippen molar-refractivity contribution in [3.8, 4) is 5.75 Å². The Labute approximate surface area is 106 Å². The maximum absolute atomic E-state index is 10.8. The Hall–Kier alpha value is -0.910. The van der Waals surface area contributed by atoms with Gasteiger partial charge in [0.25, 0.3) is 0 Å². The van der Waals surface area contributed by atoms with Gasteiger partial charge in [0.2, 0.25) is 0 Å². The molecule has 1 aromatic carbocycles. The van der Waals surface area contributed by atoms with Crippen LogP contribution in [0.5, 0.6) is 5.75 Å². The molecule has 0 aromatic heterocycles. The maximum Gasteiger partial charge on any atom is 0.343 e. The lowest BCUT2D eigenvalue weighted by molar-refractivity contribution is 0.356. The Bertz CT molecular complexity index is 404. The summed E-state index contributed by atoms with van der Waals surface area (Å²) in [4.78, 5) is 17.6. The first-order valence-corrected chi connectivity index (χ1v) is 7.26. The van der Waals surface area contributed by atoms with Crippen LogP contribution in [0.1, 0.15) is 5.56 Å². The van der Waals surface area contributed by atoms with Gasteiger partial charge in [-0.15, -0.1) is 0 Å². The van der Waals surface area contributed by atoms with Crippen LogP contribution in [0.25, 0.3) is 0 Å². The molecule has 0 heterocycles. The van der Waals surface area contributed by atoms with Crippen molar-refractivity contribution in [2.45, 2.75) is 12.2 Å². The normalized spacial score (nSPS) is 13.3. The lowest BCUT2D eigenvalue weighted by Gasteiger charge is -2.14. The molecule has 1 atom stereocenters. The number of hydrogen-bond acceptors (Lipinski definition) is 4. The van der Waals surface area contributed by atoms with Gasteiger partial charge in [-0.2, -0.15) is 0 Å². The van der Waals surface area contributed by atoms with Gasteiger partial charge in [0.15, 0.2) is 0 Å². The molecular weight excluding hydrogens is 255 g/mol. The zero-order valence-electron chi connectivity index (χ0n) is 10.2. The monoisotopic (exact) mass is 274 g/mol. The highest BCUT2D eigenvalue weighted by Gasteiger charge is 2.23. The van der Waals surface area contributed by atoms with Gasteiger partial charge in [0.1, 0.15) is 11.5 Å². The van der Waals surface area contributed by atoms with Crippen molar-refractivity contribution in [3.05, 3.63) is 29.8 Å². The van der Waals surface area contributed by atoms with E-state index in [2.05, 4.69) is 5.32 Å². The van der Waals surface area contributed by atoms with Crippen LogP contribution >= 0.6 is 7.60 Å². The third-order valence-electron chi connectivity index (χ3n) is 2.54. The molecule has 0 fully saturated rings. The Morgan fingerprint density at radius 3 is 2.50 bits per heavy atom. The van der Waals surface area contributed by atoms with Gasteiger partial charge >= 0.3 is 7.60 Å². The Balaban J connectivity index is 2.27. The minimum atomic E-state index is -4.18. The van der Waals surface area contributed by atoms with Crippen LogP contribution in [0.4, 0.5) is 0 Å². The molecule has 102 valence electrons. The van der Waals surface area contributed by atoms with Crippen LogP contribution < -0.4 is 15.8 Å². The average Bonchev–Trinajstić information content (AvgIpc) is 2.34. The number of benzene rings is 1. The van der Waals surface area contributed by atoms with Crippen molar-refractivity contribution >= 4 is 7.60 Å². The molecule has 0 radical (unpaired) electrons. The highest BCUT2D eigenvalue weighted by atomic mass is 31.2. The molecule has 7 heteroatoms. The summed E-state index contributed by atoms with van der Waals surface area (Å²) in [6, 6.07) is 7.64. The van der Waals surface area contributed by atoms with Crippen LogP contribution in [0.15, 0.2) is 24.3 Å². The Morgan fingerprint density at radius 2 is 2.00 bits per heavy atom. The molecule has 18 heavy (non-hydrogen) atoms. The van der Waals surface area contributed by atoms with Gasteiger partial charge in [-0.25, -0.2) is 0 Å². The standard InChI is InChI=1S/C11H19N2O4P/c1-17-10-4-2-9(3-5-10)6-7-13-8-11(12)18(14,15)16/h2-5,11,13H,6-8,12H2,1H3,(H2,14,15,16)/t11-/m0/s1. The zero-order chi connectivity index (χ0) is 13.6. The summed E-state index contributed by atoms with van der Waals surface area (Å²) in [6.45, 7) is 0.709. The molecule has 0 bridgehead atoms. The first-order chi connectivity index (χ1) is 8.43. The zero-order valence-corrected chi connectivity index (χ0v) is 11.1. The van der Waals surface area contributed by atoms with Crippen LogP contribution in [0.3, 0.4) is 0 Å². The minimum absolute atomic E-state index is 0.0977. The molecule has 0 aliphatic rings. The lowest BCUT2D eigenvalue weighted by atomic mass is 10.1. The fraction of sp³-hybridized carbons (Fsp3) is 0.455. The molecule has 0 amide bonds. The fourth-order valence-electron chi connectivity index (χ4n) is 1.39. The second-order valence-electron chi connectivity index (χ2n) is 3.96. The Morgan fingerprint density at radius 1 is 1.39 bits per heavy atom. The van der Waals surface area contributed by atoms with E-state index in [-0.39, 0.29) is 6.54 Å². The maximum atomic E-state index is 10.8. The van der Waals surface area contributed by atoms with Gasteiger partial charge in [-0.05, 0) is 30.7 Å². The summed E-state index contributed by atoms with van der Waals surface area (Å²) in [5.41, 5.74) is 6.44. The summed E-state index contributed by atoms with van der Waals surface area (Å²) in [7, 11) is -2.57. The highest BCUT2D eigenvalue weighted by molar-refractivity contribution is 7.52. The van der Waals surface area contributed by atoms with Crippen molar-refractivity contribution in [3.63, 3.8) is 0 Å². The van der Waals surface area contributed by atoms with E-state index in [1.54, 1.807) is 7.11 Å². The molecule has 0 spiro atoms. The molecule has 0 saturated carbocycles. The predicted molar refractivity (Wildman–Crippen MR) is 69.6 cm³/mol. The molecule has 0 unspecified atom stereocenters. The molecular formula is C11H19N2O4P. The summed E-state index contributed by atoms with van der Waals surface area (Å²) >= 11 is 0. The summed E-state index contributed by atoms with van der Waals surface area (Å²) in [6.07, 6.45) is 0.762. The van der Waals surface area contributed by atoms with E-state index in [1.807, 2.05) is 24.3 Å². The quantitative estimate of drug-likeness (QED) is 0.421. The van der Waals surface area contributed by atoms with Crippen LogP contribution in [0.2, 0.25) is 0 Å². The molecule has 1 aromatic rings. The third-order valence-corrected chi connectivity index (χ3v) is 3.58. The smallest absolute Gasteiger partial charge is 0.343 e. The van der Waals surface area contributed by atoms with E-state index >= 15 is 0 Å². The second-order valence-corrected chi connectivity index (χ2v) is 5.80. The molecule has 0 aliphatic carbocycles. The predicted octanol–water partition coefficient (Wildman–Crippen LogP) is 0.290. The molecule has 1 rings (SSSR count). The number of rotatable bonds is 7. The van der Waals surface area contributed by atoms with Crippen molar-refractivity contribution in [2.75, 3.05) is 20.2 Å². The van der Waals surface area contributed by atoms with Gasteiger partial charge in [0.05, 0.1) is 7.11 Å². The lowest BCUT2D eigenvalue weighted by Crippen LogP contribution is -2.34. The SMILES string of the molecule is COc1ccc(CCNC[C@@H](N)P(=O)(O)O)cc1. The minimum Gasteiger partial charge on any atom is -0.497 e. The largest absolute Gasteiger partial charge is 0.497 e. The van der Waals surface area contributed by atoms with Crippen LogP contribution in [0, 0.1) is 0 Å². The molecule has 0 saturated heterocycles. The van der Waals surface area contributed by atoms with Gasteiger partial charge in [-0.3, -0.25) is 4.57 Å². The van der Waals surface area contributed by atoms with Crippen molar-refractivity contribution < 1.29 is 19.1 Å². The number of methoxy groups -OCH3 is 1. The van der Waals surface area contributed by atoms with E-state index in [9.17, 15) is 4.57 Å². The van der Waals surface area contributed by atoms with E-state index in [0.717, 1.165) is 17.7 Å².